The molecule has 1 aliphatic heterocycles. The van der Waals surface area contributed by atoms with E-state index in [-0.39, 0.29) is 6.61 Å². The van der Waals surface area contributed by atoms with Gasteiger partial charge in [-0.15, -0.1) is 0 Å². The molecule has 1 heterocycles. The topological polar surface area (TPSA) is 72.6 Å². The minimum absolute atomic E-state index is 0.00175. The van der Waals surface area contributed by atoms with E-state index in [0.29, 0.717) is 0 Å². The molecule has 2 N–H and O–H groups in total. The number of fused-ring (bicyclic) bond motifs is 1. The van der Waals surface area contributed by atoms with E-state index in [2.05, 4.69) is 16.0 Å². The van der Waals surface area contributed by atoms with Gasteiger partial charge in [0.25, 0.3) is 0 Å². The second kappa shape index (κ2) is 4.64. The molecule has 0 atom stereocenters. The third-order valence-corrected chi connectivity index (χ3v) is 3.35. The van der Waals surface area contributed by atoms with E-state index in [4.69, 9.17) is 5.14 Å². The van der Waals surface area contributed by atoms with Gasteiger partial charge in [-0.05, 0) is 30.5 Å². The maximum absolute atomic E-state index is 10.7. The zero-order valence-corrected chi connectivity index (χ0v) is 10.5. The highest BCUT2D eigenvalue weighted by molar-refractivity contribution is 7.84. The predicted molar refractivity (Wildman–Crippen MR) is 65.9 cm³/mol. The zero-order chi connectivity index (χ0) is 12.5. The maximum atomic E-state index is 10.7. The number of nitrogens with zero attached hydrogens (tertiary/aromatic N) is 1. The van der Waals surface area contributed by atoms with E-state index in [1.165, 1.54) is 11.3 Å². The van der Waals surface area contributed by atoms with Crippen LogP contribution in [-0.4, -0.2) is 21.5 Å². The first-order chi connectivity index (χ1) is 7.99. The van der Waals surface area contributed by atoms with Gasteiger partial charge in [0.1, 0.15) is 0 Å². The van der Waals surface area contributed by atoms with Crippen LogP contribution in [0.3, 0.4) is 0 Å². The molecule has 6 heteroatoms. The van der Waals surface area contributed by atoms with Crippen molar-refractivity contribution in [3.63, 3.8) is 0 Å². The highest BCUT2D eigenvalue weighted by Crippen LogP contribution is 2.28. The van der Waals surface area contributed by atoms with Gasteiger partial charge in [0.05, 0.1) is 6.61 Å². The molecule has 2 rings (SSSR count). The summed E-state index contributed by atoms with van der Waals surface area (Å²) in [6, 6.07) is 5.86. The third-order valence-electron chi connectivity index (χ3n) is 2.91. The molecular formula is C11H16N2O3S. The van der Waals surface area contributed by atoms with Crippen molar-refractivity contribution < 1.29 is 12.6 Å². The highest BCUT2D eigenvalue weighted by Gasteiger charge is 2.17. The minimum Gasteiger partial charge on any atom is -0.371 e. The second-order valence-electron chi connectivity index (χ2n) is 4.05. The monoisotopic (exact) mass is 256 g/mol. The molecule has 0 amide bonds. The molecule has 0 aliphatic carbocycles. The number of hydrogen-bond acceptors (Lipinski definition) is 4. The summed E-state index contributed by atoms with van der Waals surface area (Å²) in [6.45, 7) is 4.12. The number of benzene rings is 1. The number of hydrogen-bond donors (Lipinski definition) is 1. The average Bonchev–Trinajstić information content (AvgIpc) is 2.67. The molecule has 5 nitrogen and oxygen atoms in total. The van der Waals surface area contributed by atoms with Gasteiger partial charge < -0.3 is 4.90 Å². The maximum Gasteiger partial charge on any atom is 0.333 e. The molecule has 0 unspecified atom stereocenters. The fourth-order valence-corrected chi connectivity index (χ4v) is 2.39. The smallest absolute Gasteiger partial charge is 0.333 e. The fraction of sp³-hybridized carbons (Fsp3) is 0.455. The SMILES string of the molecule is CCN1CCc2cc(COS(N)(=O)=O)ccc21. The standard InChI is InChI=1S/C11H16N2O3S/c1-2-13-6-5-10-7-9(3-4-11(10)13)8-16-17(12,14)15/h3-4,7H,2,5-6,8H2,1H3,(H2,12,14,15). The van der Waals surface area contributed by atoms with Crippen LogP contribution in [0.2, 0.25) is 0 Å². The third kappa shape index (κ3) is 2.96. The van der Waals surface area contributed by atoms with Crippen LogP contribution in [0.25, 0.3) is 0 Å². The van der Waals surface area contributed by atoms with Gasteiger partial charge >= 0.3 is 10.3 Å². The molecule has 0 aromatic heterocycles. The van der Waals surface area contributed by atoms with E-state index in [1.807, 2.05) is 18.2 Å². The van der Waals surface area contributed by atoms with E-state index in [9.17, 15) is 8.42 Å². The molecule has 1 aromatic carbocycles. The van der Waals surface area contributed by atoms with E-state index in [1.54, 1.807) is 0 Å². The van der Waals surface area contributed by atoms with Crippen LogP contribution in [-0.2, 0) is 27.5 Å². The molecule has 0 bridgehead atoms. The highest BCUT2D eigenvalue weighted by atomic mass is 32.2. The molecule has 0 saturated carbocycles. The number of likely N-dealkylation sites (N-methyl/N-ethyl adjacent to an activating group) is 1. The molecule has 0 fully saturated rings. The summed E-state index contributed by atoms with van der Waals surface area (Å²) in [4.78, 5) is 2.29. The largest absolute Gasteiger partial charge is 0.371 e. The lowest BCUT2D eigenvalue weighted by molar-refractivity contribution is 0.308. The van der Waals surface area contributed by atoms with Crippen molar-refractivity contribution in [2.24, 2.45) is 5.14 Å². The normalized spacial score (nSPS) is 15.1. The van der Waals surface area contributed by atoms with Crippen LogP contribution in [0.1, 0.15) is 18.1 Å². The Labute approximate surface area is 101 Å². The lowest BCUT2D eigenvalue weighted by atomic mass is 10.1. The van der Waals surface area contributed by atoms with Crippen LogP contribution in [0, 0.1) is 0 Å². The molecule has 0 radical (unpaired) electrons. The Hall–Kier alpha value is -1.11. The second-order valence-corrected chi connectivity index (χ2v) is 5.27. The first-order valence-corrected chi connectivity index (χ1v) is 7.00. The predicted octanol–water partition coefficient (Wildman–Crippen LogP) is 0.789. The van der Waals surface area contributed by atoms with E-state index < -0.39 is 10.3 Å². The fourth-order valence-electron chi connectivity index (χ4n) is 2.09. The Morgan fingerprint density at radius 3 is 2.88 bits per heavy atom. The summed E-state index contributed by atoms with van der Waals surface area (Å²) in [6.07, 6.45) is 0.992. The Balaban J connectivity index is 2.13. The first-order valence-electron chi connectivity index (χ1n) is 5.53. The molecule has 1 aliphatic rings. The van der Waals surface area contributed by atoms with Crippen LogP contribution >= 0.6 is 0 Å². The van der Waals surface area contributed by atoms with Gasteiger partial charge in [0.2, 0.25) is 0 Å². The lowest BCUT2D eigenvalue weighted by Crippen LogP contribution is -2.19. The van der Waals surface area contributed by atoms with Crippen LogP contribution in [0.4, 0.5) is 5.69 Å². The zero-order valence-electron chi connectivity index (χ0n) is 9.72. The van der Waals surface area contributed by atoms with Gasteiger partial charge in [0, 0.05) is 18.8 Å². The van der Waals surface area contributed by atoms with Crippen molar-refractivity contribution in [1.82, 2.24) is 0 Å². The van der Waals surface area contributed by atoms with Gasteiger partial charge in [-0.2, -0.15) is 8.42 Å². The summed E-state index contributed by atoms with van der Waals surface area (Å²) in [5.41, 5.74) is 3.30. The lowest BCUT2D eigenvalue weighted by Gasteiger charge is -2.16. The van der Waals surface area contributed by atoms with E-state index in [0.717, 1.165) is 25.1 Å². The summed E-state index contributed by atoms with van der Waals surface area (Å²) >= 11 is 0. The van der Waals surface area contributed by atoms with Crippen molar-refractivity contribution in [3.05, 3.63) is 29.3 Å². The van der Waals surface area contributed by atoms with Crippen LogP contribution in [0.15, 0.2) is 18.2 Å². The van der Waals surface area contributed by atoms with Crippen molar-refractivity contribution in [2.75, 3.05) is 18.0 Å². The first kappa shape index (κ1) is 12.3. The Morgan fingerprint density at radius 1 is 1.47 bits per heavy atom. The number of nitrogens with two attached hydrogens (primary N) is 1. The van der Waals surface area contributed by atoms with Gasteiger partial charge in [0.15, 0.2) is 0 Å². The Kier molecular flexibility index (Phi) is 3.37. The van der Waals surface area contributed by atoms with Gasteiger partial charge in [-0.1, -0.05) is 12.1 Å². The summed E-state index contributed by atoms with van der Waals surface area (Å²) in [5, 5.41) is 4.78. The van der Waals surface area contributed by atoms with Crippen LogP contribution < -0.4 is 10.0 Å². The van der Waals surface area contributed by atoms with Gasteiger partial charge in [-0.3, -0.25) is 4.18 Å². The average molecular weight is 256 g/mol. The molecule has 0 spiro atoms. The Morgan fingerprint density at radius 2 is 2.24 bits per heavy atom. The number of rotatable bonds is 4. The number of anilines is 1. The van der Waals surface area contributed by atoms with Crippen LogP contribution in [0.5, 0.6) is 0 Å². The quantitative estimate of drug-likeness (QED) is 0.864. The van der Waals surface area contributed by atoms with E-state index >= 15 is 0 Å². The molecule has 1 aromatic rings. The van der Waals surface area contributed by atoms with Crippen molar-refractivity contribution in [2.45, 2.75) is 20.0 Å². The molecule has 94 valence electrons. The molecule has 0 saturated heterocycles. The van der Waals surface area contributed by atoms with Crippen molar-refractivity contribution in [1.29, 1.82) is 0 Å². The minimum atomic E-state index is -3.86. The molecule has 17 heavy (non-hydrogen) atoms. The summed E-state index contributed by atoms with van der Waals surface area (Å²) in [5.74, 6) is 0. The Bertz CT molecular complexity index is 513. The summed E-state index contributed by atoms with van der Waals surface area (Å²) in [7, 11) is -3.86. The summed E-state index contributed by atoms with van der Waals surface area (Å²) < 4.78 is 25.9. The van der Waals surface area contributed by atoms with Crippen molar-refractivity contribution >= 4 is 16.0 Å². The van der Waals surface area contributed by atoms with Gasteiger partial charge in [-0.25, -0.2) is 5.14 Å². The molecular weight excluding hydrogens is 240 g/mol. The van der Waals surface area contributed by atoms with Crippen molar-refractivity contribution in [3.8, 4) is 0 Å².